The maximum absolute atomic E-state index is 13.2. The first kappa shape index (κ1) is 19.5. The summed E-state index contributed by atoms with van der Waals surface area (Å²) in [6, 6.07) is 4.01. The van der Waals surface area contributed by atoms with Crippen molar-refractivity contribution in [3.05, 3.63) is 30.2 Å². The van der Waals surface area contributed by atoms with Gasteiger partial charge < -0.3 is 14.2 Å². The van der Waals surface area contributed by atoms with E-state index in [-0.39, 0.29) is 18.1 Å². The molecule has 0 aromatic carbocycles. The predicted molar refractivity (Wildman–Crippen MR) is 113 cm³/mol. The van der Waals surface area contributed by atoms with Gasteiger partial charge in [-0.25, -0.2) is 4.98 Å². The lowest BCUT2D eigenvalue weighted by Crippen LogP contribution is -2.36. The Balaban J connectivity index is 1.79. The normalized spacial score (nSPS) is 14.9. The van der Waals surface area contributed by atoms with E-state index in [1.54, 1.807) is 6.20 Å². The molecule has 1 aliphatic rings. The molecule has 0 unspecified atom stereocenters. The van der Waals surface area contributed by atoms with Crippen LogP contribution >= 0.6 is 0 Å². The van der Waals surface area contributed by atoms with Crippen molar-refractivity contribution in [3.63, 3.8) is 0 Å². The van der Waals surface area contributed by atoms with Gasteiger partial charge in [-0.15, -0.1) is 0 Å². The number of hydrogen-bond acceptors (Lipinski definition) is 4. The van der Waals surface area contributed by atoms with Crippen molar-refractivity contribution >= 4 is 16.8 Å². The van der Waals surface area contributed by atoms with Crippen molar-refractivity contribution in [3.8, 4) is 17.1 Å². The van der Waals surface area contributed by atoms with Crippen LogP contribution in [0, 0.1) is 0 Å². The second-order valence-corrected chi connectivity index (χ2v) is 8.25. The number of ether oxygens (including phenoxy) is 1. The third-order valence-corrected chi connectivity index (χ3v) is 5.33. The molecule has 7 nitrogen and oxygen atoms in total. The van der Waals surface area contributed by atoms with E-state index in [0.29, 0.717) is 11.6 Å². The number of aromatic nitrogens is 4. The summed E-state index contributed by atoms with van der Waals surface area (Å²) in [6.45, 7) is 9.80. The number of amides is 1. The SMILES string of the molecule is CC(C)Oc1nccc2[nH]nc(-c3cc(C(=O)N4CCCCC4)n(C(C)C)c3)c12. The molecule has 1 N–H and O–H groups in total. The van der Waals surface area contributed by atoms with E-state index in [0.717, 1.165) is 48.1 Å². The number of rotatable bonds is 5. The molecular formula is C22H29N5O2. The fraction of sp³-hybridized carbons (Fsp3) is 0.500. The lowest BCUT2D eigenvalue weighted by molar-refractivity contribution is 0.0711. The van der Waals surface area contributed by atoms with Crippen LogP contribution in [0.15, 0.2) is 24.5 Å². The molecule has 7 heteroatoms. The van der Waals surface area contributed by atoms with Crippen molar-refractivity contribution in [2.75, 3.05) is 13.1 Å². The molecule has 3 aromatic rings. The first-order valence-corrected chi connectivity index (χ1v) is 10.5. The molecule has 3 aromatic heterocycles. The molecule has 4 rings (SSSR count). The minimum absolute atomic E-state index is 0.00681. The number of H-pyrrole nitrogens is 1. The highest BCUT2D eigenvalue weighted by Gasteiger charge is 2.25. The summed E-state index contributed by atoms with van der Waals surface area (Å²) in [7, 11) is 0. The Labute approximate surface area is 171 Å². The van der Waals surface area contributed by atoms with Crippen LogP contribution in [0.25, 0.3) is 22.2 Å². The summed E-state index contributed by atoms with van der Waals surface area (Å²) in [4.78, 5) is 19.6. The molecule has 4 heterocycles. The molecule has 1 fully saturated rings. The highest BCUT2D eigenvalue weighted by molar-refractivity contribution is 5.99. The molecule has 0 spiro atoms. The Kier molecular flexibility index (Phi) is 5.30. The lowest BCUT2D eigenvalue weighted by atomic mass is 10.1. The van der Waals surface area contributed by atoms with Gasteiger partial charge in [0.05, 0.1) is 17.0 Å². The maximum atomic E-state index is 13.2. The van der Waals surface area contributed by atoms with E-state index < -0.39 is 0 Å². The molecule has 29 heavy (non-hydrogen) atoms. The number of nitrogens with zero attached hydrogens (tertiary/aromatic N) is 4. The zero-order valence-electron chi connectivity index (χ0n) is 17.6. The van der Waals surface area contributed by atoms with E-state index >= 15 is 0 Å². The number of fused-ring (bicyclic) bond motifs is 1. The third kappa shape index (κ3) is 3.73. The monoisotopic (exact) mass is 395 g/mol. The van der Waals surface area contributed by atoms with Crippen LogP contribution in [0.5, 0.6) is 5.88 Å². The van der Waals surface area contributed by atoms with Crippen molar-refractivity contribution < 1.29 is 9.53 Å². The Morgan fingerprint density at radius 3 is 2.62 bits per heavy atom. The first-order valence-electron chi connectivity index (χ1n) is 10.5. The zero-order chi connectivity index (χ0) is 20.5. The standard InChI is InChI=1S/C22H29N5O2/c1-14(2)27-13-16(12-18(27)22(28)26-10-6-5-7-11-26)20-19-17(24-25-20)8-9-23-21(19)29-15(3)4/h8-9,12-15H,5-7,10-11H2,1-4H3,(H,24,25). The summed E-state index contributed by atoms with van der Waals surface area (Å²) in [5, 5.41) is 8.46. The number of carbonyl (C=O) groups excluding carboxylic acids is 1. The molecular weight excluding hydrogens is 366 g/mol. The fourth-order valence-corrected chi connectivity index (χ4v) is 3.92. The molecule has 0 atom stereocenters. The Morgan fingerprint density at radius 1 is 1.17 bits per heavy atom. The lowest BCUT2D eigenvalue weighted by Gasteiger charge is -2.27. The summed E-state index contributed by atoms with van der Waals surface area (Å²) in [5.74, 6) is 0.656. The molecule has 1 saturated heterocycles. The van der Waals surface area contributed by atoms with Gasteiger partial charge in [-0.2, -0.15) is 5.10 Å². The largest absolute Gasteiger partial charge is 0.474 e. The third-order valence-electron chi connectivity index (χ3n) is 5.33. The van der Waals surface area contributed by atoms with E-state index in [9.17, 15) is 4.79 Å². The van der Waals surface area contributed by atoms with Gasteiger partial charge in [0.15, 0.2) is 0 Å². The number of carbonyl (C=O) groups is 1. The second kappa shape index (κ2) is 7.89. The number of hydrogen-bond donors (Lipinski definition) is 1. The van der Waals surface area contributed by atoms with E-state index in [2.05, 4.69) is 29.0 Å². The average Bonchev–Trinajstić information content (AvgIpc) is 3.32. The minimum atomic E-state index is 0.00681. The fourth-order valence-electron chi connectivity index (χ4n) is 3.92. The van der Waals surface area contributed by atoms with E-state index in [1.807, 2.05) is 41.6 Å². The summed E-state index contributed by atoms with van der Waals surface area (Å²) in [5.41, 5.74) is 3.23. The number of nitrogens with one attached hydrogen (secondary N) is 1. The van der Waals surface area contributed by atoms with Crippen LogP contribution < -0.4 is 4.74 Å². The van der Waals surface area contributed by atoms with Crippen molar-refractivity contribution in [1.82, 2.24) is 24.6 Å². The van der Waals surface area contributed by atoms with Crippen LogP contribution in [0.4, 0.5) is 0 Å². The summed E-state index contributed by atoms with van der Waals surface area (Å²) < 4.78 is 7.97. The van der Waals surface area contributed by atoms with Crippen LogP contribution in [0.3, 0.4) is 0 Å². The molecule has 0 bridgehead atoms. The van der Waals surface area contributed by atoms with Gasteiger partial charge in [0, 0.05) is 37.1 Å². The minimum Gasteiger partial charge on any atom is -0.474 e. The van der Waals surface area contributed by atoms with Crippen LogP contribution in [0.2, 0.25) is 0 Å². The van der Waals surface area contributed by atoms with Gasteiger partial charge in [-0.05, 0) is 59.1 Å². The first-order chi connectivity index (χ1) is 14.0. The van der Waals surface area contributed by atoms with Gasteiger partial charge in [0.2, 0.25) is 5.88 Å². The average molecular weight is 396 g/mol. The second-order valence-electron chi connectivity index (χ2n) is 8.25. The Bertz CT molecular complexity index is 1010. The Hall–Kier alpha value is -2.83. The van der Waals surface area contributed by atoms with Crippen molar-refractivity contribution in [1.29, 1.82) is 0 Å². The van der Waals surface area contributed by atoms with E-state index in [1.165, 1.54) is 6.42 Å². The van der Waals surface area contributed by atoms with Crippen molar-refractivity contribution in [2.45, 2.75) is 59.1 Å². The maximum Gasteiger partial charge on any atom is 0.270 e. The molecule has 154 valence electrons. The van der Waals surface area contributed by atoms with Crippen LogP contribution in [0.1, 0.15) is 63.5 Å². The van der Waals surface area contributed by atoms with Gasteiger partial charge in [0.25, 0.3) is 5.91 Å². The number of pyridine rings is 1. The summed E-state index contributed by atoms with van der Waals surface area (Å²) >= 11 is 0. The van der Waals surface area contributed by atoms with E-state index in [4.69, 9.17) is 4.74 Å². The molecule has 1 amide bonds. The van der Waals surface area contributed by atoms with Crippen LogP contribution in [-0.2, 0) is 0 Å². The molecule has 0 radical (unpaired) electrons. The van der Waals surface area contributed by atoms with Gasteiger partial charge >= 0.3 is 0 Å². The molecule has 1 aliphatic heterocycles. The van der Waals surface area contributed by atoms with Gasteiger partial charge in [0.1, 0.15) is 11.4 Å². The number of aromatic amines is 1. The number of likely N-dealkylation sites (tertiary alicyclic amines) is 1. The highest BCUT2D eigenvalue weighted by Crippen LogP contribution is 2.34. The smallest absolute Gasteiger partial charge is 0.270 e. The molecule has 0 saturated carbocycles. The highest BCUT2D eigenvalue weighted by atomic mass is 16.5. The van der Waals surface area contributed by atoms with Crippen molar-refractivity contribution in [2.24, 2.45) is 0 Å². The molecule has 0 aliphatic carbocycles. The van der Waals surface area contributed by atoms with Gasteiger partial charge in [-0.1, -0.05) is 0 Å². The Morgan fingerprint density at radius 2 is 1.93 bits per heavy atom. The predicted octanol–water partition coefficient (Wildman–Crippen LogP) is 4.42. The zero-order valence-corrected chi connectivity index (χ0v) is 17.6. The quantitative estimate of drug-likeness (QED) is 0.694. The topological polar surface area (TPSA) is 76.0 Å². The summed E-state index contributed by atoms with van der Waals surface area (Å²) in [6.07, 6.45) is 7.09. The number of piperidine rings is 1. The van der Waals surface area contributed by atoms with Crippen LogP contribution in [-0.4, -0.2) is 49.7 Å². The van der Waals surface area contributed by atoms with Gasteiger partial charge in [-0.3, -0.25) is 9.89 Å².